The molecular weight excluding hydrogens is 507 g/mol. The van der Waals surface area contributed by atoms with E-state index in [-0.39, 0.29) is 29.4 Å². The van der Waals surface area contributed by atoms with Gasteiger partial charge in [-0.1, -0.05) is 44.2 Å². The van der Waals surface area contributed by atoms with E-state index in [0.717, 1.165) is 51.9 Å². The van der Waals surface area contributed by atoms with E-state index in [1.807, 2.05) is 11.3 Å². The second-order valence-electron chi connectivity index (χ2n) is 8.12. The largest absolute Gasteiger partial charge is 0.379 e. The van der Waals surface area contributed by atoms with Crippen LogP contribution in [0.5, 0.6) is 0 Å². The monoisotopic (exact) mass is 542 g/mol. The van der Waals surface area contributed by atoms with Crippen molar-refractivity contribution in [2.75, 3.05) is 39.4 Å². The highest BCUT2D eigenvalue weighted by Crippen LogP contribution is 2.26. The van der Waals surface area contributed by atoms with Crippen molar-refractivity contribution < 1.29 is 4.74 Å². The molecule has 0 spiro atoms. The number of hydrogen-bond acceptors (Lipinski definition) is 4. The molecule has 0 saturated carbocycles. The molecule has 166 valence electrons. The maximum absolute atomic E-state index is 5.45. The number of ether oxygens (including phenoxy) is 1. The van der Waals surface area contributed by atoms with Gasteiger partial charge >= 0.3 is 0 Å². The van der Waals surface area contributed by atoms with Gasteiger partial charge in [-0.2, -0.15) is 0 Å². The molecule has 2 aromatic rings. The molecule has 30 heavy (non-hydrogen) atoms. The van der Waals surface area contributed by atoms with E-state index in [1.54, 1.807) is 0 Å². The normalized spacial score (nSPS) is 15.5. The highest BCUT2D eigenvalue weighted by Gasteiger charge is 2.21. The predicted molar refractivity (Wildman–Crippen MR) is 138 cm³/mol. The molecule has 0 unspecified atom stereocenters. The highest BCUT2D eigenvalue weighted by molar-refractivity contribution is 14.0. The topological polar surface area (TPSA) is 48.9 Å². The van der Waals surface area contributed by atoms with Gasteiger partial charge in [0.2, 0.25) is 0 Å². The summed E-state index contributed by atoms with van der Waals surface area (Å²) in [5.74, 6) is 0.871. The van der Waals surface area contributed by atoms with Crippen LogP contribution in [0, 0.1) is 0 Å². The molecule has 0 aliphatic carbocycles. The molecule has 0 amide bonds. The molecule has 1 aliphatic rings. The molecule has 2 heterocycles. The lowest BCUT2D eigenvalue weighted by atomic mass is 9.91. The summed E-state index contributed by atoms with van der Waals surface area (Å²) in [6.07, 6.45) is 0. The number of rotatable bonds is 8. The first-order valence-electron chi connectivity index (χ1n) is 10.5. The van der Waals surface area contributed by atoms with Gasteiger partial charge in [-0.15, -0.1) is 35.3 Å². The van der Waals surface area contributed by atoms with Gasteiger partial charge in [0.05, 0.1) is 19.8 Å². The molecule has 1 fully saturated rings. The second kappa shape index (κ2) is 12.6. The molecule has 1 aromatic carbocycles. The van der Waals surface area contributed by atoms with Gasteiger partial charge in [0, 0.05) is 43.0 Å². The van der Waals surface area contributed by atoms with Crippen molar-refractivity contribution in [3.05, 3.63) is 57.8 Å². The molecule has 1 saturated heterocycles. The Morgan fingerprint density at radius 2 is 1.90 bits per heavy atom. The minimum atomic E-state index is 0. The summed E-state index contributed by atoms with van der Waals surface area (Å²) in [5, 5.41) is 9.03. The highest BCUT2D eigenvalue weighted by atomic mass is 127. The van der Waals surface area contributed by atoms with E-state index in [2.05, 4.69) is 78.1 Å². The molecule has 0 bridgehead atoms. The number of nitrogens with zero attached hydrogens (tertiary/aromatic N) is 2. The van der Waals surface area contributed by atoms with E-state index >= 15 is 0 Å². The standard InChI is InChI=1S/C23H34N4OS.HI/c1-4-24-22(26-18-23(2,3)21-9-6-14-29-21)25-16-19-7-5-8-20(15-19)17-27-10-12-28-13-11-27;/h5-9,14-15H,4,10-13,16-18H2,1-3H3,(H2,24,25,26);1H. The van der Waals surface area contributed by atoms with Crippen LogP contribution >= 0.6 is 35.3 Å². The Hall–Kier alpha value is -1.16. The van der Waals surface area contributed by atoms with Crippen LogP contribution in [-0.2, 0) is 23.2 Å². The molecule has 5 nitrogen and oxygen atoms in total. The van der Waals surface area contributed by atoms with Crippen molar-refractivity contribution in [2.45, 2.75) is 39.3 Å². The summed E-state index contributed by atoms with van der Waals surface area (Å²) in [6.45, 7) is 13.7. The number of benzene rings is 1. The van der Waals surface area contributed by atoms with Crippen LogP contribution < -0.4 is 10.6 Å². The lowest BCUT2D eigenvalue weighted by Gasteiger charge is -2.26. The SMILES string of the molecule is CCNC(=NCc1cccc(CN2CCOCC2)c1)NCC(C)(C)c1cccs1.I. The Morgan fingerprint density at radius 1 is 1.13 bits per heavy atom. The van der Waals surface area contributed by atoms with Gasteiger partial charge < -0.3 is 15.4 Å². The first-order chi connectivity index (χ1) is 14.1. The van der Waals surface area contributed by atoms with Crippen LogP contribution in [0.3, 0.4) is 0 Å². The van der Waals surface area contributed by atoms with E-state index < -0.39 is 0 Å². The zero-order valence-electron chi connectivity index (χ0n) is 18.3. The summed E-state index contributed by atoms with van der Waals surface area (Å²) >= 11 is 1.81. The maximum atomic E-state index is 5.45. The third-order valence-electron chi connectivity index (χ3n) is 5.15. The molecule has 0 atom stereocenters. The predicted octanol–water partition coefficient (Wildman–Crippen LogP) is 4.23. The lowest BCUT2D eigenvalue weighted by Crippen LogP contribution is -2.43. The average molecular weight is 543 g/mol. The van der Waals surface area contributed by atoms with Crippen molar-refractivity contribution >= 4 is 41.3 Å². The van der Waals surface area contributed by atoms with Gasteiger partial charge in [-0.05, 0) is 29.5 Å². The Balaban J connectivity index is 0.00000320. The number of hydrogen-bond donors (Lipinski definition) is 2. The minimum Gasteiger partial charge on any atom is -0.379 e. The Morgan fingerprint density at radius 3 is 2.60 bits per heavy atom. The number of halogens is 1. The Labute approximate surface area is 202 Å². The third kappa shape index (κ3) is 7.83. The third-order valence-corrected chi connectivity index (χ3v) is 6.39. The molecule has 3 rings (SSSR count). The van der Waals surface area contributed by atoms with Crippen LogP contribution in [0.2, 0.25) is 0 Å². The number of aliphatic imine (C=N–C) groups is 1. The van der Waals surface area contributed by atoms with Crippen molar-refractivity contribution in [1.29, 1.82) is 0 Å². The lowest BCUT2D eigenvalue weighted by molar-refractivity contribution is 0.0342. The van der Waals surface area contributed by atoms with Gasteiger partial charge in [-0.25, -0.2) is 4.99 Å². The van der Waals surface area contributed by atoms with E-state index in [1.165, 1.54) is 16.0 Å². The molecule has 2 N–H and O–H groups in total. The Bertz CT molecular complexity index is 773. The summed E-state index contributed by atoms with van der Waals surface area (Å²) < 4.78 is 5.45. The van der Waals surface area contributed by atoms with Crippen LogP contribution in [0.4, 0.5) is 0 Å². The number of guanidine groups is 1. The van der Waals surface area contributed by atoms with Crippen molar-refractivity contribution in [3.8, 4) is 0 Å². The molecule has 0 radical (unpaired) electrons. The minimum absolute atomic E-state index is 0. The molecule has 1 aromatic heterocycles. The fourth-order valence-corrected chi connectivity index (χ4v) is 4.26. The van der Waals surface area contributed by atoms with E-state index in [9.17, 15) is 0 Å². The Kier molecular flexibility index (Phi) is 10.6. The molecule has 1 aliphatic heterocycles. The van der Waals surface area contributed by atoms with Crippen LogP contribution in [-0.4, -0.2) is 50.3 Å². The summed E-state index contributed by atoms with van der Waals surface area (Å²) in [5.41, 5.74) is 2.66. The van der Waals surface area contributed by atoms with Gasteiger partial charge in [0.25, 0.3) is 0 Å². The van der Waals surface area contributed by atoms with Gasteiger partial charge in [0.15, 0.2) is 5.96 Å². The zero-order chi connectivity index (χ0) is 20.5. The van der Waals surface area contributed by atoms with Crippen LogP contribution in [0.15, 0.2) is 46.8 Å². The number of thiophene rings is 1. The van der Waals surface area contributed by atoms with Crippen LogP contribution in [0.25, 0.3) is 0 Å². The fraction of sp³-hybridized carbons (Fsp3) is 0.522. The summed E-state index contributed by atoms with van der Waals surface area (Å²) in [7, 11) is 0. The summed E-state index contributed by atoms with van der Waals surface area (Å²) in [4.78, 5) is 8.65. The van der Waals surface area contributed by atoms with E-state index in [4.69, 9.17) is 9.73 Å². The summed E-state index contributed by atoms with van der Waals surface area (Å²) in [6, 6.07) is 13.1. The van der Waals surface area contributed by atoms with Gasteiger partial charge in [0.1, 0.15) is 0 Å². The van der Waals surface area contributed by atoms with Crippen molar-refractivity contribution in [1.82, 2.24) is 15.5 Å². The zero-order valence-corrected chi connectivity index (χ0v) is 21.5. The maximum Gasteiger partial charge on any atom is 0.191 e. The van der Waals surface area contributed by atoms with Gasteiger partial charge in [-0.3, -0.25) is 4.90 Å². The molecular formula is C23H35IN4OS. The second-order valence-corrected chi connectivity index (χ2v) is 9.07. The fourth-order valence-electron chi connectivity index (χ4n) is 3.41. The first kappa shape index (κ1) is 25.1. The average Bonchev–Trinajstić information content (AvgIpc) is 3.27. The first-order valence-corrected chi connectivity index (χ1v) is 11.4. The van der Waals surface area contributed by atoms with Crippen molar-refractivity contribution in [2.24, 2.45) is 4.99 Å². The van der Waals surface area contributed by atoms with E-state index in [0.29, 0.717) is 6.54 Å². The van der Waals surface area contributed by atoms with Crippen LogP contribution in [0.1, 0.15) is 36.8 Å². The molecule has 7 heteroatoms. The number of nitrogens with one attached hydrogen (secondary N) is 2. The smallest absolute Gasteiger partial charge is 0.191 e. The van der Waals surface area contributed by atoms with Crippen molar-refractivity contribution in [3.63, 3.8) is 0 Å². The number of morpholine rings is 1. The quantitative estimate of drug-likeness (QED) is 0.298.